The fourth-order valence-electron chi connectivity index (χ4n) is 3.19. The minimum absolute atomic E-state index is 0.689. The Kier molecular flexibility index (Phi) is 4.92. The molecule has 4 rings (SSSR count). The van der Waals surface area contributed by atoms with E-state index in [0.29, 0.717) is 6.54 Å². The van der Waals surface area contributed by atoms with Gasteiger partial charge in [0.1, 0.15) is 5.82 Å². The Balaban J connectivity index is 1.31. The third-order valence-corrected chi connectivity index (χ3v) is 4.66. The normalized spacial score (nSPS) is 17.8. The molecule has 25 heavy (non-hydrogen) atoms. The van der Waals surface area contributed by atoms with Crippen molar-refractivity contribution >= 4 is 17.5 Å². The van der Waals surface area contributed by atoms with Crippen molar-refractivity contribution < 1.29 is 4.74 Å². The van der Waals surface area contributed by atoms with Gasteiger partial charge in [0.15, 0.2) is 0 Å². The highest BCUT2D eigenvalue weighted by Gasteiger charge is 2.14. The summed E-state index contributed by atoms with van der Waals surface area (Å²) >= 11 is 0. The number of pyridine rings is 1. The maximum atomic E-state index is 5.36. The number of hydrogen-bond donors (Lipinski definition) is 1. The Morgan fingerprint density at radius 1 is 0.880 bits per heavy atom. The minimum atomic E-state index is 0.689. The lowest BCUT2D eigenvalue weighted by molar-refractivity contribution is 0.122. The summed E-state index contributed by atoms with van der Waals surface area (Å²) in [6.07, 6.45) is 8.20. The average molecular weight is 340 g/mol. The highest BCUT2D eigenvalue weighted by atomic mass is 16.5. The number of rotatable bonds is 5. The van der Waals surface area contributed by atoms with Crippen molar-refractivity contribution in [3.05, 3.63) is 36.3 Å². The van der Waals surface area contributed by atoms with E-state index in [2.05, 4.69) is 42.2 Å². The molecule has 2 aliphatic heterocycles. The van der Waals surface area contributed by atoms with E-state index in [1.807, 2.05) is 18.6 Å². The predicted octanol–water partition coefficient (Wildman–Crippen LogP) is 1.92. The molecule has 7 heteroatoms. The topological polar surface area (TPSA) is 66.4 Å². The van der Waals surface area contributed by atoms with Crippen LogP contribution in [-0.2, 0) is 11.3 Å². The summed E-state index contributed by atoms with van der Waals surface area (Å²) in [6, 6.07) is 4.18. The fourth-order valence-corrected chi connectivity index (χ4v) is 3.19. The van der Waals surface area contributed by atoms with E-state index in [9.17, 15) is 0 Å². The summed E-state index contributed by atoms with van der Waals surface area (Å²) in [5.41, 5.74) is 2.07. The standard InChI is InChI=1S/C18H24N6O/c1-2-6-23(5-1)17-4-3-16(14-20-17)19-11-15-12-21-18(22-13-15)24-7-9-25-10-8-24/h3-4,12-14,19H,1-2,5-11H2. The van der Waals surface area contributed by atoms with Crippen LogP contribution in [0.25, 0.3) is 0 Å². The number of aromatic nitrogens is 3. The summed E-state index contributed by atoms with van der Waals surface area (Å²) in [4.78, 5) is 18.0. The van der Waals surface area contributed by atoms with Crippen molar-refractivity contribution in [1.82, 2.24) is 15.0 Å². The third kappa shape index (κ3) is 3.99. The van der Waals surface area contributed by atoms with Gasteiger partial charge in [-0.3, -0.25) is 0 Å². The number of morpholine rings is 1. The Hall–Kier alpha value is -2.41. The van der Waals surface area contributed by atoms with Crippen LogP contribution in [0.15, 0.2) is 30.7 Å². The van der Waals surface area contributed by atoms with Gasteiger partial charge in [-0.25, -0.2) is 15.0 Å². The van der Waals surface area contributed by atoms with Gasteiger partial charge >= 0.3 is 0 Å². The van der Waals surface area contributed by atoms with Crippen molar-refractivity contribution in [2.75, 3.05) is 54.5 Å². The molecule has 0 aliphatic carbocycles. The van der Waals surface area contributed by atoms with Gasteiger partial charge in [0.25, 0.3) is 0 Å². The van der Waals surface area contributed by atoms with Crippen LogP contribution in [0.1, 0.15) is 18.4 Å². The largest absolute Gasteiger partial charge is 0.380 e. The molecular weight excluding hydrogens is 316 g/mol. The number of nitrogens with one attached hydrogen (secondary N) is 1. The molecule has 0 unspecified atom stereocenters. The first kappa shape index (κ1) is 16.1. The van der Waals surface area contributed by atoms with E-state index in [1.165, 1.54) is 12.8 Å². The van der Waals surface area contributed by atoms with Crippen LogP contribution < -0.4 is 15.1 Å². The van der Waals surface area contributed by atoms with E-state index >= 15 is 0 Å². The number of nitrogens with zero attached hydrogens (tertiary/aromatic N) is 5. The van der Waals surface area contributed by atoms with E-state index in [4.69, 9.17) is 4.74 Å². The zero-order valence-electron chi connectivity index (χ0n) is 14.4. The van der Waals surface area contributed by atoms with E-state index in [0.717, 1.165) is 62.4 Å². The van der Waals surface area contributed by atoms with Gasteiger partial charge in [-0.15, -0.1) is 0 Å². The number of anilines is 3. The first-order chi connectivity index (χ1) is 12.4. The zero-order valence-corrected chi connectivity index (χ0v) is 14.4. The molecule has 2 aromatic heterocycles. The molecular formula is C18H24N6O. The molecule has 2 saturated heterocycles. The molecule has 7 nitrogen and oxygen atoms in total. The second-order valence-corrected chi connectivity index (χ2v) is 6.44. The van der Waals surface area contributed by atoms with Crippen molar-refractivity contribution in [3.8, 4) is 0 Å². The van der Waals surface area contributed by atoms with Gasteiger partial charge < -0.3 is 19.9 Å². The molecule has 0 amide bonds. The maximum absolute atomic E-state index is 5.36. The summed E-state index contributed by atoms with van der Waals surface area (Å²) in [7, 11) is 0. The van der Waals surface area contributed by atoms with Crippen molar-refractivity contribution in [1.29, 1.82) is 0 Å². The Bertz CT molecular complexity index is 663. The van der Waals surface area contributed by atoms with Gasteiger partial charge in [-0.2, -0.15) is 0 Å². The molecule has 1 N–H and O–H groups in total. The minimum Gasteiger partial charge on any atom is -0.380 e. The number of hydrogen-bond acceptors (Lipinski definition) is 7. The molecule has 0 spiro atoms. The van der Waals surface area contributed by atoms with Crippen LogP contribution in [0.3, 0.4) is 0 Å². The van der Waals surface area contributed by atoms with Crippen molar-refractivity contribution in [3.63, 3.8) is 0 Å². The molecule has 0 atom stereocenters. The Morgan fingerprint density at radius 3 is 2.32 bits per heavy atom. The first-order valence-electron chi connectivity index (χ1n) is 8.97. The molecule has 132 valence electrons. The summed E-state index contributed by atoms with van der Waals surface area (Å²) in [5.74, 6) is 1.85. The van der Waals surface area contributed by atoms with Crippen LogP contribution in [-0.4, -0.2) is 54.3 Å². The molecule has 0 saturated carbocycles. The van der Waals surface area contributed by atoms with Gasteiger partial charge in [0, 0.05) is 50.7 Å². The van der Waals surface area contributed by atoms with Crippen LogP contribution in [0.5, 0.6) is 0 Å². The smallest absolute Gasteiger partial charge is 0.225 e. The molecule has 2 aliphatic rings. The van der Waals surface area contributed by atoms with Crippen LogP contribution in [0.4, 0.5) is 17.5 Å². The van der Waals surface area contributed by atoms with Gasteiger partial charge in [0.2, 0.25) is 5.95 Å². The average Bonchev–Trinajstić information content (AvgIpc) is 3.23. The first-order valence-corrected chi connectivity index (χ1v) is 8.97. The SMILES string of the molecule is c1nc(N2CCOCC2)ncc1CNc1ccc(N2CCCC2)nc1. The second-order valence-electron chi connectivity index (χ2n) is 6.44. The van der Waals surface area contributed by atoms with Crippen molar-refractivity contribution in [2.24, 2.45) is 0 Å². The maximum Gasteiger partial charge on any atom is 0.225 e. The quantitative estimate of drug-likeness (QED) is 0.892. The molecule has 0 bridgehead atoms. The third-order valence-electron chi connectivity index (χ3n) is 4.66. The number of ether oxygens (including phenoxy) is 1. The molecule has 0 aromatic carbocycles. The van der Waals surface area contributed by atoms with E-state index in [-0.39, 0.29) is 0 Å². The van der Waals surface area contributed by atoms with Gasteiger partial charge in [0.05, 0.1) is 25.1 Å². The van der Waals surface area contributed by atoms with Crippen LogP contribution in [0.2, 0.25) is 0 Å². The lowest BCUT2D eigenvalue weighted by Crippen LogP contribution is -2.37. The summed E-state index contributed by atoms with van der Waals surface area (Å²) in [6.45, 7) is 6.12. The highest BCUT2D eigenvalue weighted by Crippen LogP contribution is 2.19. The van der Waals surface area contributed by atoms with Gasteiger partial charge in [-0.05, 0) is 25.0 Å². The fraction of sp³-hybridized carbons (Fsp3) is 0.500. The molecule has 2 fully saturated rings. The lowest BCUT2D eigenvalue weighted by atomic mass is 10.3. The Morgan fingerprint density at radius 2 is 1.64 bits per heavy atom. The van der Waals surface area contributed by atoms with Crippen LogP contribution in [0, 0.1) is 0 Å². The molecule has 2 aromatic rings. The predicted molar refractivity (Wildman–Crippen MR) is 98.1 cm³/mol. The second kappa shape index (κ2) is 7.65. The zero-order chi connectivity index (χ0) is 16.9. The molecule has 0 radical (unpaired) electrons. The van der Waals surface area contributed by atoms with E-state index < -0.39 is 0 Å². The van der Waals surface area contributed by atoms with Crippen molar-refractivity contribution in [2.45, 2.75) is 19.4 Å². The van der Waals surface area contributed by atoms with Crippen LogP contribution >= 0.6 is 0 Å². The van der Waals surface area contributed by atoms with Gasteiger partial charge in [-0.1, -0.05) is 0 Å². The highest BCUT2D eigenvalue weighted by molar-refractivity contribution is 5.49. The summed E-state index contributed by atoms with van der Waals surface area (Å²) in [5, 5.41) is 3.38. The summed E-state index contributed by atoms with van der Waals surface area (Å²) < 4.78 is 5.36. The Labute approximate surface area is 148 Å². The lowest BCUT2D eigenvalue weighted by Gasteiger charge is -2.26. The molecule has 4 heterocycles. The van der Waals surface area contributed by atoms with E-state index in [1.54, 1.807) is 0 Å². The monoisotopic (exact) mass is 340 g/mol.